The van der Waals surface area contributed by atoms with E-state index in [0.29, 0.717) is 13.2 Å². The molecular weight excluding hydrogens is 520 g/mol. The van der Waals surface area contributed by atoms with Gasteiger partial charge >= 0.3 is 6.09 Å². The van der Waals surface area contributed by atoms with Gasteiger partial charge in [-0.2, -0.15) is 0 Å². The summed E-state index contributed by atoms with van der Waals surface area (Å²) in [5.74, 6) is 0. The zero-order valence-electron chi connectivity index (χ0n) is 21.4. The highest BCUT2D eigenvalue weighted by Crippen LogP contribution is 2.41. The number of carbonyl (C=O) groups excluding carboxylic acids is 1. The van der Waals surface area contributed by atoms with Gasteiger partial charge in [-0.3, -0.25) is 0 Å². The highest BCUT2D eigenvalue weighted by atomic mass is 79.9. The molecule has 0 bridgehead atoms. The van der Waals surface area contributed by atoms with Crippen LogP contribution in [-0.2, 0) is 15.6 Å². The van der Waals surface area contributed by atoms with Crippen molar-refractivity contribution in [2.45, 2.75) is 96.6 Å². The molecule has 186 valence electrons. The molecule has 5 nitrogen and oxygen atoms in total. The number of rotatable bonds is 4. The van der Waals surface area contributed by atoms with Crippen LogP contribution in [0.3, 0.4) is 0 Å². The number of hydrogen-bond acceptors (Lipinski definition) is 4. The predicted molar refractivity (Wildman–Crippen MR) is 143 cm³/mol. The van der Waals surface area contributed by atoms with Gasteiger partial charge < -0.3 is 19.0 Å². The summed E-state index contributed by atoms with van der Waals surface area (Å²) in [6.07, 6.45) is 2.71. The lowest BCUT2D eigenvalue weighted by molar-refractivity contribution is 0.0180. The zero-order chi connectivity index (χ0) is 24.8. The second kappa shape index (κ2) is 9.71. The van der Waals surface area contributed by atoms with E-state index >= 15 is 0 Å². The number of carbonyl (C=O) groups is 1. The van der Waals surface area contributed by atoms with Crippen LogP contribution in [0.5, 0.6) is 0 Å². The van der Waals surface area contributed by atoms with Gasteiger partial charge in [0, 0.05) is 28.6 Å². The number of fused-ring (bicyclic) bond motifs is 1. The first-order valence-electron chi connectivity index (χ1n) is 12.0. The number of aryl methyl sites for hydroxylation is 1. The first-order chi connectivity index (χ1) is 15.1. The Kier molecular flexibility index (Phi) is 7.89. The van der Waals surface area contributed by atoms with Crippen LogP contribution >= 0.6 is 27.5 Å². The molecular formula is C25H40BrClN2O3Si. The molecule has 1 saturated heterocycles. The Morgan fingerprint density at radius 3 is 2.48 bits per heavy atom. The standard InChI is InChI=1S/C25H40BrClN2O3Si/c1-24(2,3)32-23(30)29-15-19(14-20(29)16-31-33(7,8)25(4,5)6)28-11-9-10-17-12-18(27)13-21(26)22(17)28/h12-13,19-20H,9-11,14-16H2,1-8H3. The van der Waals surface area contributed by atoms with Crippen LogP contribution in [0.25, 0.3) is 0 Å². The quantitative estimate of drug-likeness (QED) is 0.364. The number of ether oxygens (including phenoxy) is 1. The van der Waals surface area contributed by atoms with Crippen molar-refractivity contribution in [2.75, 3.05) is 24.6 Å². The van der Waals surface area contributed by atoms with Gasteiger partial charge in [0.05, 0.1) is 18.3 Å². The van der Waals surface area contributed by atoms with E-state index in [1.165, 1.54) is 11.3 Å². The topological polar surface area (TPSA) is 42.0 Å². The average molecular weight is 560 g/mol. The van der Waals surface area contributed by atoms with Crippen LogP contribution < -0.4 is 4.90 Å². The van der Waals surface area contributed by atoms with Gasteiger partial charge in [-0.1, -0.05) is 32.4 Å². The van der Waals surface area contributed by atoms with Gasteiger partial charge in [0.2, 0.25) is 0 Å². The Labute approximate surface area is 214 Å². The van der Waals surface area contributed by atoms with Crippen molar-refractivity contribution in [1.82, 2.24) is 4.90 Å². The number of hydrogen-bond donors (Lipinski definition) is 0. The van der Waals surface area contributed by atoms with E-state index < -0.39 is 13.9 Å². The summed E-state index contributed by atoms with van der Waals surface area (Å²) in [5.41, 5.74) is 1.95. The van der Waals surface area contributed by atoms with Crippen LogP contribution in [0, 0.1) is 0 Å². The Morgan fingerprint density at radius 1 is 1.21 bits per heavy atom. The normalized spacial score (nSPS) is 21.9. The molecule has 0 saturated carbocycles. The number of likely N-dealkylation sites (tertiary alicyclic amines) is 1. The first kappa shape index (κ1) is 26.8. The first-order valence-corrected chi connectivity index (χ1v) is 16.0. The predicted octanol–water partition coefficient (Wildman–Crippen LogP) is 7.25. The summed E-state index contributed by atoms with van der Waals surface area (Å²) in [4.78, 5) is 17.6. The Morgan fingerprint density at radius 2 is 1.88 bits per heavy atom. The number of benzene rings is 1. The lowest BCUT2D eigenvalue weighted by Gasteiger charge is -2.38. The van der Waals surface area contributed by atoms with Crippen LogP contribution in [0.4, 0.5) is 10.5 Å². The SMILES string of the molecule is CC(C)(C)OC(=O)N1CC(N2CCCc3cc(Cl)cc(Br)c32)CC1CO[Si](C)(C)C(C)(C)C. The van der Waals surface area contributed by atoms with Gasteiger partial charge in [-0.15, -0.1) is 0 Å². The summed E-state index contributed by atoms with van der Waals surface area (Å²) in [6.45, 7) is 19.2. The molecule has 1 aromatic carbocycles. The third-order valence-corrected chi connectivity index (χ3v) is 12.5. The molecule has 2 atom stereocenters. The monoisotopic (exact) mass is 558 g/mol. The lowest BCUT2D eigenvalue weighted by atomic mass is 9.99. The molecule has 2 aliphatic heterocycles. The number of halogens is 2. The van der Waals surface area contributed by atoms with E-state index in [1.54, 1.807) is 0 Å². The minimum absolute atomic E-state index is 0.00423. The summed E-state index contributed by atoms with van der Waals surface area (Å²) < 4.78 is 13.4. The molecule has 0 spiro atoms. The van der Waals surface area contributed by atoms with Gasteiger partial charge in [-0.25, -0.2) is 4.79 Å². The molecule has 0 aliphatic carbocycles. The second-order valence-electron chi connectivity index (χ2n) is 11.9. The lowest BCUT2D eigenvalue weighted by Crippen LogP contribution is -2.47. The molecule has 0 N–H and O–H groups in total. The maximum Gasteiger partial charge on any atom is 0.410 e. The fourth-order valence-electron chi connectivity index (χ4n) is 4.39. The third kappa shape index (κ3) is 6.27. The van der Waals surface area contributed by atoms with E-state index in [0.717, 1.165) is 35.3 Å². The van der Waals surface area contributed by atoms with Gasteiger partial charge in [-0.05, 0) is 91.8 Å². The molecule has 1 aromatic rings. The molecule has 2 aliphatic rings. The second-order valence-corrected chi connectivity index (χ2v) is 18.0. The fourth-order valence-corrected chi connectivity index (χ4v) is 6.53. The maximum atomic E-state index is 13.2. The fraction of sp³-hybridized carbons (Fsp3) is 0.720. The molecule has 2 unspecified atom stereocenters. The van der Waals surface area contributed by atoms with Crippen molar-refractivity contribution in [3.8, 4) is 0 Å². The van der Waals surface area contributed by atoms with Crippen LogP contribution in [0.1, 0.15) is 59.9 Å². The highest BCUT2D eigenvalue weighted by molar-refractivity contribution is 9.10. The smallest absolute Gasteiger partial charge is 0.410 e. The molecule has 2 heterocycles. The Hall–Kier alpha value is -0.763. The van der Waals surface area contributed by atoms with Gasteiger partial charge in [0.1, 0.15) is 5.60 Å². The highest BCUT2D eigenvalue weighted by Gasteiger charge is 2.44. The largest absolute Gasteiger partial charge is 0.444 e. The maximum absolute atomic E-state index is 13.2. The summed E-state index contributed by atoms with van der Waals surface area (Å²) in [6, 6.07) is 4.25. The molecule has 3 rings (SSSR count). The van der Waals surface area contributed by atoms with Crippen molar-refractivity contribution in [2.24, 2.45) is 0 Å². The minimum Gasteiger partial charge on any atom is -0.444 e. The van der Waals surface area contributed by atoms with Crippen molar-refractivity contribution < 1.29 is 14.0 Å². The number of amides is 1. The summed E-state index contributed by atoms with van der Waals surface area (Å²) in [7, 11) is -1.93. The van der Waals surface area contributed by atoms with Crippen molar-refractivity contribution in [3.05, 3.63) is 27.2 Å². The average Bonchev–Trinajstić information content (AvgIpc) is 3.08. The minimum atomic E-state index is -1.93. The number of anilines is 1. The van der Waals surface area contributed by atoms with Crippen LogP contribution in [0.2, 0.25) is 23.2 Å². The van der Waals surface area contributed by atoms with Gasteiger partial charge in [0.15, 0.2) is 8.32 Å². The van der Waals surface area contributed by atoms with Gasteiger partial charge in [0.25, 0.3) is 0 Å². The summed E-state index contributed by atoms with van der Waals surface area (Å²) >= 11 is 10.1. The van der Waals surface area contributed by atoms with Crippen LogP contribution in [-0.4, -0.2) is 56.7 Å². The molecule has 33 heavy (non-hydrogen) atoms. The van der Waals surface area contributed by atoms with Crippen molar-refractivity contribution >= 4 is 47.6 Å². The Balaban J connectivity index is 1.85. The van der Waals surface area contributed by atoms with Crippen molar-refractivity contribution in [3.63, 3.8) is 0 Å². The molecule has 0 aromatic heterocycles. The third-order valence-electron chi connectivity index (χ3n) is 7.14. The van der Waals surface area contributed by atoms with Crippen molar-refractivity contribution in [1.29, 1.82) is 0 Å². The molecule has 1 amide bonds. The molecule has 0 radical (unpaired) electrons. The Bertz CT molecular complexity index is 882. The zero-order valence-corrected chi connectivity index (χ0v) is 24.8. The van der Waals surface area contributed by atoms with E-state index in [4.69, 9.17) is 20.8 Å². The summed E-state index contributed by atoms with van der Waals surface area (Å²) in [5, 5.41) is 0.877. The van der Waals surface area contributed by atoms with Crippen LogP contribution in [0.15, 0.2) is 16.6 Å². The van der Waals surface area contributed by atoms with E-state index in [2.05, 4.69) is 60.8 Å². The number of nitrogens with zero attached hydrogens (tertiary/aromatic N) is 2. The van der Waals surface area contributed by atoms with E-state index in [1.807, 2.05) is 31.7 Å². The molecule has 1 fully saturated rings. The van der Waals surface area contributed by atoms with E-state index in [9.17, 15) is 4.79 Å². The van der Waals surface area contributed by atoms with E-state index in [-0.39, 0.29) is 23.2 Å². The molecule has 8 heteroatoms.